The Balaban J connectivity index is 2.82. The summed E-state index contributed by atoms with van der Waals surface area (Å²) in [5.74, 6) is -0.687. The molecule has 1 heterocycles. The molecule has 1 atom stereocenters. The zero-order valence-electron chi connectivity index (χ0n) is 8.86. The lowest BCUT2D eigenvalue weighted by Gasteiger charge is -1.89. The molecule has 7 heteroatoms. The zero-order valence-corrected chi connectivity index (χ0v) is 10.5. The third-order valence-corrected chi connectivity index (χ3v) is 3.72. The first-order chi connectivity index (χ1) is 8.04. The van der Waals surface area contributed by atoms with Crippen molar-refractivity contribution in [1.82, 2.24) is 4.98 Å². The maximum Gasteiger partial charge on any atom is 0.551 e. The SMILES string of the molecule is CO[P+](=O)c1c(C(N)=O)[nH]c2ccc(Cl)cc12. The number of H-pyrrole nitrogens is 1. The molecule has 0 saturated heterocycles. The molecule has 0 spiro atoms. The second-order valence-corrected chi connectivity index (χ2v) is 5.11. The van der Waals surface area contributed by atoms with Crippen LogP contribution in [-0.2, 0) is 9.09 Å². The molecule has 2 rings (SSSR count). The summed E-state index contributed by atoms with van der Waals surface area (Å²) >= 11 is 5.86. The Hall–Kier alpha value is -1.42. The highest BCUT2D eigenvalue weighted by atomic mass is 35.5. The molecule has 1 unspecified atom stereocenters. The van der Waals surface area contributed by atoms with E-state index in [1.54, 1.807) is 18.2 Å². The Morgan fingerprint density at radius 3 is 2.82 bits per heavy atom. The van der Waals surface area contributed by atoms with E-state index in [9.17, 15) is 9.36 Å². The van der Waals surface area contributed by atoms with Gasteiger partial charge < -0.3 is 10.7 Å². The number of fused-ring (bicyclic) bond motifs is 1. The van der Waals surface area contributed by atoms with E-state index in [4.69, 9.17) is 21.9 Å². The number of carbonyl (C=O) groups is 1. The van der Waals surface area contributed by atoms with Crippen LogP contribution in [0.3, 0.4) is 0 Å². The standard InChI is InChI=1S/C10H8ClN2O3P/c1-16-17(15)9-6-4-5(11)2-3-7(6)13-8(9)10(12)14/h2-4H,1H3,(H2-,12,13,14,15)/p+1. The lowest BCUT2D eigenvalue weighted by Crippen LogP contribution is -2.19. The molecular formula is C10H9ClN2O3P+. The lowest BCUT2D eigenvalue weighted by atomic mass is 10.2. The summed E-state index contributed by atoms with van der Waals surface area (Å²) in [5, 5.41) is 1.31. The number of primary amides is 1. The van der Waals surface area contributed by atoms with Crippen LogP contribution in [0.15, 0.2) is 18.2 Å². The monoisotopic (exact) mass is 271 g/mol. The fourth-order valence-corrected chi connectivity index (χ4v) is 2.69. The number of nitrogens with one attached hydrogen (secondary N) is 1. The van der Waals surface area contributed by atoms with Crippen molar-refractivity contribution in [2.75, 3.05) is 7.11 Å². The Kier molecular flexibility index (Phi) is 3.15. The van der Waals surface area contributed by atoms with Gasteiger partial charge in [-0.25, -0.2) is 0 Å². The topological polar surface area (TPSA) is 85.2 Å². The first kappa shape index (κ1) is 12.0. The van der Waals surface area contributed by atoms with Gasteiger partial charge in [0.05, 0.1) is 18.0 Å². The predicted molar refractivity (Wildman–Crippen MR) is 66.1 cm³/mol. The molecule has 0 aliphatic rings. The number of halogens is 1. The van der Waals surface area contributed by atoms with Crippen LogP contribution in [0.4, 0.5) is 0 Å². The summed E-state index contributed by atoms with van der Waals surface area (Å²) < 4.78 is 16.6. The van der Waals surface area contributed by atoms with Crippen LogP contribution < -0.4 is 11.0 Å². The molecular weight excluding hydrogens is 263 g/mol. The van der Waals surface area contributed by atoms with Crippen LogP contribution in [0, 0.1) is 0 Å². The number of nitrogens with two attached hydrogens (primary N) is 1. The van der Waals surface area contributed by atoms with E-state index >= 15 is 0 Å². The molecule has 0 aliphatic carbocycles. The van der Waals surface area contributed by atoms with Gasteiger partial charge in [-0.2, -0.15) is 0 Å². The molecule has 17 heavy (non-hydrogen) atoms. The number of rotatable bonds is 3. The molecule has 0 radical (unpaired) electrons. The number of amides is 1. The van der Waals surface area contributed by atoms with E-state index in [1.165, 1.54) is 7.11 Å². The van der Waals surface area contributed by atoms with Crippen LogP contribution in [0.1, 0.15) is 10.5 Å². The van der Waals surface area contributed by atoms with Crippen molar-refractivity contribution < 1.29 is 13.9 Å². The average molecular weight is 272 g/mol. The van der Waals surface area contributed by atoms with Gasteiger partial charge in [0.25, 0.3) is 11.2 Å². The van der Waals surface area contributed by atoms with E-state index in [-0.39, 0.29) is 11.0 Å². The Morgan fingerprint density at radius 2 is 2.24 bits per heavy atom. The molecule has 0 fully saturated rings. The zero-order chi connectivity index (χ0) is 12.6. The van der Waals surface area contributed by atoms with Crippen molar-refractivity contribution in [3.8, 4) is 0 Å². The third-order valence-electron chi connectivity index (χ3n) is 2.33. The van der Waals surface area contributed by atoms with E-state index in [2.05, 4.69) is 4.98 Å². The first-order valence-corrected chi connectivity index (χ1v) is 6.22. The van der Waals surface area contributed by atoms with Crippen molar-refractivity contribution in [2.45, 2.75) is 0 Å². The largest absolute Gasteiger partial charge is 0.551 e. The van der Waals surface area contributed by atoms with E-state index in [0.29, 0.717) is 15.9 Å². The maximum absolute atomic E-state index is 11.8. The second-order valence-electron chi connectivity index (χ2n) is 3.34. The average Bonchev–Trinajstić information content (AvgIpc) is 2.66. The van der Waals surface area contributed by atoms with E-state index < -0.39 is 13.9 Å². The number of aromatic amines is 1. The lowest BCUT2D eigenvalue weighted by molar-refractivity contribution is 0.0997. The second kappa shape index (κ2) is 4.45. The molecule has 0 aliphatic heterocycles. The number of hydrogen-bond acceptors (Lipinski definition) is 3. The maximum atomic E-state index is 11.8. The summed E-state index contributed by atoms with van der Waals surface area (Å²) in [6, 6.07) is 4.96. The van der Waals surface area contributed by atoms with Crippen LogP contribution in [-0.4, -0.2) is 18.0 Å². The van der Waals surface area contributed by atoms with Crippen molar-refractivity contribution in [3.63, 3.8) is 0 Å². The summed E-state index contributed by atoms with van der Waals surface area (Å²) in [4.78, 5) is 14.1. The minimum Gasteiger partial charge on any atom is -0.364 e. The van der Waals surface area contributed by atoms with Crippen LogP contribution in [0.2, 0.25) is 5.02 Å². The summed E-state index contributed by atoms with van der Waals surface area (Å²) in [5.41, 5.74) is 5.95. The Bertz CT molecular complexity index is 623. The Morgan fingerprint density at radius 1 is 1.53 bits per heavy atom. The van der Waals surface area contributed by atoms with Crippen LogP contribution >= 0.6 is 19.6 Å². The number of aromatic nitrogens is 1. The van der Waals surface area contributed by atoms with Crippen LogP contribution in [0.5, 0.6) is 0 Å². The van der Waals surface area contributed by atoms with Gasteiger partial charge >= 0.3 is 8.03 Å². The molecule has 1 amide bonds. The summed E-state index contributed by atoms with van der Waals surface area (Å²) in [6.45, 7) is 0. The van der Waals surface area contributed by atoms with Gasteiger partial charge in [0.2, 0.25) is 0 Å². The highest BCUT2D eigenvalue weighted by molar-refractivity contribution is 7.49. The molecule has 5 nitrogen and oxygen atoms in total. The Labute approximate surface area is 103 Å². The molecule has 88 valence electrons. The molecule has 1 aromatic carbocycles. The van der Waals surface area contributed by atoms with Crippen molar-refractivity contribution in [2.24, 2.45) is 5.73 Å². The third kappa shape index (κ3) is 2.05. The number of hydrogen-bond donors (Lipinski definition) is 2. The number of carbonyl (C=O) groups excluding carboxylic acids is 1. The van der Waals surface area contributed by atoms with Gasteiger partial charge in [-0.15, -0.1) is 4.52 Å². The minimum atomic E-state index is -2.14. The van der Waals surface area contributed by atoms with Crippen molar-refractivity contribution >= 4 is 41.7 Å². The fourth-order valence-electron chi connectivity index (χ4n) is 1.61. The molecule has 1 aromatic heterocycles. The number of benzene rings is 1. The molecule has 0 bridgehead atoms. The van der Waals surface area contributed by atoms with Gasteiger partial charge in [-0.05, 0) is 22.8 Å². The highest BCUT2D eigenvalue weighted by Crippen LogP contribution is 2.29. The quantitative estimate of drug-likeness (QED) is 0.837. The van der Waals surface area contributed by atoms with Crippen molar-refractivity contribution in [3.05, 3.63) is 28.9 Å². The van der Waals surface area contributed by atoms with Gasteiger partial charge in [0, 0.05) is 5.02 Å². The van der Waals surface area contributed by atoms with Gasteiger partial charge in [0.1, 0.15) is 0 Å². The molecule has 3 N–H and O–H groups in total. The smallest absolute Gasteiger partial charge is 0.364 e. The van der Waals surface area contributed by atoms with E-state index in [0.717, 1.165) is 0 Å². The van der Waals surface area contributed by atoms with Crippen LogP contribution in [0.25, 0.3) is 10.9 Å². The molecule has 2 aromatic rings. The summed E-state index contributed by atoms with van der Waals surface area (Å²) in [6.07, 6.45) is 0. The van der Waals surface area contributed by atoms with E-state index in [1.807, 2.05) is 0 Å². The first-order valence-electron chi connectivity index (χ1n) is 4.67. The van der Waals surface area contributed by atoms with Gasteiger partial charge in [0.15, 0.2) is 5.69 Å². The fraction of sp³-hybridized carbons (Fsp3) is 0.100. The molecule has 0 saturated carbocycles. The highest BCUT2D eigenvalue weighted by Gasteiger charge is 2.33. The predicted octanol–water partition coefficient (Wildman–Crippen LogP) is 1.93. The van der Waals surface area contributed by atoms with Crippen molar-refractivity contribution in [1.29, 1.82) is 0 Å². The minimum absolute atomic E-state index is 0.0882. The summed E-state index contributed by atoms with van der Waals surface area (Å²) in [7, 11) is -0.844. The normalized spacial score (nSPS) is 11.8. The van der Waals surface area contributed by atoms with Gasteiger partial charge in [-0.3, -0.25) is 4.79 Å². The van der Waals surface area contributed by atoms with Gasteiger partial charge in [-0.1, -0.05) is 11.6 Å².